The monoisotopic (exact) mass is 842 g/mol. The molecule has 0 aromatic heterocycles. The van der Waals surface area contributed by atoms with Gasteiger partial charge in [0.15, 0.2) is 0 Å². The highest BCUT2D eigenvalue weighted by atomic mass is 14.3. The Hall–Kier alpha value is -7.54. The van der Waals surface area contributed by atoms with Crippen LogP contribution in [-0.2, 0) is 0 Å². The molecule has 314 valence electrons. The molecule has 13 aromatic carbocycles. The van der Waals surface area contributed by atoms with Gasteiger partial charge in [-0.15, -0.1) is 0 Å². The summed E-state index contributed by atoms with van der Waals surface area (Å²) in [5.74, 6) is 0. The van der Waals surface area contributed by atoms with Crippen LogP contribution in [0.5, 0.6) is 0 Å². The van der Waals surface area contributed by atoms with E-state index in [9.17, 15) is 0 Å². The average Bonchev–Trinajstić information content (AvgIpc) is 3.78. The minimum absolute atomic E-state index is 1.28. The van der Waals surface area contributed by atoms with E-state index in [4.69, 9.17) is 0 Å². The SMILES string of the molecule is Cc1cccc(C)c1-c1ccc2c(c1)c1cc(-c3c(C)cccc3C)cc3c4ccc5c(cc6c7ccc(-c8c(C)cccc8C)cc7c7cc(-c8c(C)cccc8C)cc5c76)c4cc2c31. The zero-order valence-electron chi connectivity index (χ0n) is 39.0. The average molecular weight is 843 g/mol. The maximum Gasteiger partial charge on any atom is -0.00195 e. The van der Waals surface area contributed by atoms with Gasteiger partial charge in [0.05, 0.1) is 0 Å². The zero-order valence-corrected chi connectivity index (χ0v) is 39.0. The largest absolute Gasteiger partial charge is 0.0617 e. The number of hydrogen-bond donors (Lipinski definition) is 0. The van der Waals surface area contributed by atoms with Gasteiger partial charge < -0.3 is 0 Å². The Balaban J connectivity index is 1.19. The van der Waals surface area contributed by atoms with Crippen molar-refractivity contribution in [2.75, 3.05) is 0 Å². The molecule has 0 saturated heterocycles. The minimum Gasteiger partial charge on any atom is -0.0617 e. The van der Waals surface area contributed by atoms with Crippen molar-refractivity contribution in [1.82, 2.24) is 0 Å². The fraction of sp³-hybridized carbons (Fsp3) is 0.121. The van der Waals surface area contributed by atoms with E-state index in [1.807, 2.05) is 0 Å². The van der Waals surface area contributed by atoms with Crippen LogP contribution in [0.2, 0.25) is 0 Å². The van der Waals surface area contributed by atoms with Crippen LogP contribution in [0.25, 0.3) is 131 Å². The summed E-state index contributed by atoms with van der Waals surface area (Å²) < 4.78 is 0. The molecule has 0 N–H and O–H groups in total. The van der Waals surface area contributed by atoms with Crippen molar-refractivity contribution in [2.45, 2.75) is 55.4 Å². The number of hydrogen-bond acceptors (Lipinski definition) is 0. The molecule has 0 bridgehead atoms. The summed E-state index contributed by atoms with van der Waals surface area (Å²) in [5.41, 5.74) is 20.9. The first-order valence-electron chi connectivity index (χ1n) is 23.6. The lowest BCUT2D eigenvalue weighted by molar-refractivity contribution is 1.38. The molecule has 0 nitrogen and oxygen atoms in total. The highest BCUT2D eigenvalue weighted by Gasteiger charge is 2.23. The van der Waals surface area contributed by atoms with Crippen LogP contribution < -0.4 is 0 Å². The van der Waals surface area contributed by atoms with Crippen molar-refractivity contribution in [3.63, 3.8) is 0 Å². The summed E-state index contributed by atoms with van der Waals surface area (Å²) in [4.78, 5) is 0. The highest BCUT2D eigenvalue weighted by Crippen LogP contribution is 2.51. The Labute approximate surface area is 386 Å². The van der Waals surface area contributed by atoms with Crippen LogP contribution in [0, 0.1) is 55.4 Å². The lowest BCUT2D eigenvalue weighted by atomic mass is 9.88. The third-order valence-electron chi connectivity index (χ3n) is 15.5. The summed E-state index contributed by atoms with van der Waals surface area (Å²) in [6.07, 6.45) is 0. The molecule has 66 heavy (non-hydrogen) atoms. The smallest absolute Gasteiger partial charge is 0.00195 e. The first kappa shape index (κ1) is 38.9. The molecule has 13 rings (SSSR count). The van der Waals surface area contributed by atoms with E-state index in [0.29, 0.717) is 0 Å². The van der Waals surface area contributed by atoms with E-state index in [2.05, 4.69) is 213 Å². The Morgan fingerprint density at radius 2 is 0.394 bits per heavy atom. The van der Waals surface area contributed by atoms with Gasteiger partial charge in [0, 0.05) is 0 Å². The maximum atomic E-state index is 2.54. The highest BCUT2D eigenvalue weighted by molar-refractivity contribution is 6.41. The van der Waals surface area contributed by atoms with Crippen LogP contribution in [0.4, 0.5) is 0 Å². The van der Waals surface area contributed by atoms with Gasteiger partial charge >= 0.3 is 0 Å². The van der Waals surface area contributed by atoms with Gasteiger partial charge in [-0.25, -0.2) is 0 Å². The van der Waals surface area contributed by atoms with Crippen molar-refractivity contribution < 1.29 is 0 Å². The predicted octanol–water partition coefficient (Wildman–Crippen LogP) is 18.9. The van der Waals surface area contributed by atoms with Crippen LogP contribution in [0.15, 0.2) is 158 Å². The zero-order chi connectivity index (χ0) is 44.9. The lowest BCUT2D eigenvalue weighted by Crippen LogP contribution is -1.90. The molecule has 0 unspecified atom stereocenters. The second-order valence-electron chi connectivity index (χ2n) is 19.6. The standard InChI is InChI=1S/C66H50/c1-35-13-9-14-36(2)61(35)43-21-23-47-51(27-43)57-31-45(63-39(5)17-11-18-40(63)6)29-55-49-25-26-50-54(53(49)33-59(47)65(55)57)34-60-48-24-22-44(62-37(3)15-10-16-38(62)4)28-52(48)58-32-46(30-56(50)66(58)60)64-41(7)19-12-20-42(64)8/h9-34H,1-8H3. The van der Waals surface area contributed by atoms with Gasteiger partial charge in [0.2, 0.25) is 0 Å². The van der Waals surface area contributed by atoms with Crippen molar-refractivity contribution in [3.8, 4) is 44.5 Å². The maximum absolute atomic E-state index is 2.54. The van der Waals surface area contributed by atoms with E-state index >= 15 is 0 Å². The molecule has 0 saturated carbocycles. The van der Waals surface area contributed by atoms with Crippen molar-refractivity contribution in [1.29, 1.82) is 0 Å². The fourth-order valence-electron chi connectivity index (χ4n) is 12.7. The fourth-order valence-corrected chi connectivity index (χ4v) is 12.7. The van der Waals surface area contributed by atoms with Gasteiger partial charge in [-0.05, 0) is 279 Å². The minimum atomic E-state index is 1.28. The van der Waals surface area contributed by atoms with Crippen LogP contribution in [0.1, 0.15) is 44.5 Å². The first-order valence-corrected chi connectivity index (χ1v) is 23.6. The third kappa shape index (κ3) is 5.39. The van der Waals surface area contributed by atoms with Gasteiger partial charge in [-0.1, -0.05) is 109 Å². The van der Waals surface area contributed by atoms with Crippen molar-refractivity contribution in [3.05, 3.63) is 202 Å². The van der Waals surface area contributed by atoms with Crippen molar-refractivity contribution >= 4 is 86.2 Å². The second-order valence-corrected chi connectivity index (χ2v) is 19.6. The number of benzene rings is 11. The molecule has 0 radical (unpaired) electrons. The van der Waals surface area contributed by atoms with E-state index < -0.39 is 0 Å². The molecule has 0 amide bonds. The summed E-state index contributed by atoms with van der Waals surface area (Å²) in [6.45, 7) is 18.0. The second kappa shape index (κ2) is 14.0. The molecule has 0 aliphatic rings. The topological polar surface area (TPSA) is 0 Å². The Morgan fingerprint density at radius 3 is 0.697 bits per heavy atom. The van der Waals surface area contributed by atoms with E-state index in [1.54, 1.807) is 0 Å². The van der Waals surface area contributed by atoms with Gasteiger partial charge in [0.1, 0.15) is 0 Å². The molecule has 0 aliphatic carbocycles. The molecule has 0 atom stereocenters. The molecule has 0 aliphatic heterocycles. The summed E-state index contributed by atoms with van der Waals surface area (Å²) in [6, 6.07) is 61.2. The number of rotatable bonds is 4. The quantitative estimate of drug-likeness (QED) is 0.155. The molecule has 13 aromatic rings. The van der Waals surface area contributed by atoms with E-state index in [1.165, 1.54) is 175 Å². The molecule has 0 heteroatoms. The summed E-state index contributed by atoms with van der Waals surface area (Å²) in [5, 5.41) is 21.2. The number of aryl methyl sites for hydroxylation is 8. The van der Waals surface area contributed by atoms with E-state index in [0.717, 1.165) is 0 Å². The van der Waals surface area contributed by atoms with Gasteiger partial charge in [-0.2, -0.15) is 0 Å². The Bertz CT molecular complexity index is 3880. The third-order valence-corrected chi connectivity index (χ3v) is 15.5. The Morgan fingerprint density at radius 1 is 0.182 bits per heavy atom. The van der Waals surface area contributed by atoms with Gasteiger partial charge in [-0.3, -0.25) is 0 Å². The van der Waals surface area contributed by atoms with E-state index in [-0.39, 0.29) is 0 Å². The van der Waals surface area contributed by atoms with Crippen LogP contribution >= 0.6 is 0 Å². The number of fused-ring (bicyclic) bond motifs is 11. The van der Waals surface area contributed by atoms with Crippen LogP contribution in [-0.4, -0.2) is 0 Å². The summed E-state index contributed by atoms with van der Waals surface area (Å²) >= 11 is 0. The Kier molecular flexibility index (Phi) is 8.24. The predicted molar refractivity (Wildman–Crippen MR) is 289 cm³/mol. The molecular weight excluding hydrogens is 793 g/mol. The van der Waals surface area contributed by atoms with Gasteiger partial charge in [0.25, 0.3) is 0 Å². The van der Waals surface area contributed by atoms with Crippen LogP contribution in [0.3, 0.4) is 0 Å². The van der Waals surface area contributed by atoms with Crippen molar-refractivity contribution in [2.24, 2.45) is 0 Å². The lowest BCUT2D eigenvalue weighted by Gasteiger charge is -2.16. The molecular formula is C66H50. The molecule has 0 heterocycles. The molecule has 0 fully saturated rings. The first-order chi connectivity index (χ1) is 32.0. The normalized spacial score (nSPS) is 12.2. The summed E-state index contributed by atoms with van der Waals surface area (Å²) in [7, 11) is 0. The molecule has 0 spiro atoms.